The summed E-state index contributed by atoms with van der Waals surface area (Å²) in [5, 5.41) is 3.63. The summed E-state index contributed by atoms with van der Waals surface area (Å²) >= 11 is 0. The van der Waals surface area contributed by atoms with Gasteiger partial charge in [-0.2, -0.15) is 0 Å². The Morgan fingerprint density at radius 2 is 1.96 bits per heavy atom. The number of carbonyl (C=O) groups is 1. The van der Waals surface area contributed by atoms with E-state index in [2.05, 4.69) is 10.0 Å². The second-order valence-electron chi connectivity index (χ2n) is 7.33. The van der Waals surface area contributed by atoms with E-state index in [1.54, 1.807) is 13.8 Å². The molecule has 0 aliphatic carbocycles. The molecule has 2 aliphatic rings. The molecule has 0 amide bonds. The van der Waals surface area contributed by atoms with Crippen LogP contribution in [0.3, 0.4) is 0 Å². The van der Waals surface area contributed by atoms with Crippen LogP contribution in [0.15, 0.2) is 5.11 Å². The van der Waals surface area contributed by atoms with Crippen molar-refractivity contribution < 1.29 is 28.2 Å². The largest absolute Gasteiger partial charge is 0.433 e. The summed E-state index contributed by atoms with van der Waals surface area (Å²) in [6.45, 7) is 11.1. The summed E-state index contributed by atoms with van der Waals surface area (Å²) in [6, 6.07) is 0. The molecule has 0 spiro atoms. The first kappa shape index (κ1) is 19.2. The molecular formula is C14H25N3O6Si. The normalized spacial score (nSPS) is 32.8. The van der Waals surface area contributed by atoms with Gasteiger partial charge in [0.05, 0.1) is 12.6 Å². The number of fused-ring (bicyclic) bond motifs is 1. The van der Waals surface area contributed by atoms with Crippen LogP contribution in [-0.2, 0) is 28.2 Å². The van der Waals surface area contributed by atoms with Gasteiger partial charge in [-0.1, -0.05) is 5.11 Å². The van der Waals surface area contributed by atoms with Crippen molar-refractivity contribution in [2.45, 2.75) is 76.9 Å². The monoisotopic (exact) mass is 359 g/mol. The van der Waals surface area contributed by atoms with Gasteiger partial charge in [0, 0.05) is 11.8 Å². The Kier molecular flexibility index (Phi) is 5.58. The number of ether oxygens (including phenoxy) is 4. The first-order chi connectivity index (χ1) is 11.0. The molecule has 0 N–H and O–H groups in total. The van der Waals surface area contributed by atoms with Crippen molar-refractivity contribution in [3.05, 3.63) is 10.4 Å². The summed E-state index contributed by atoms with van der Waals surface area (Å²) in [4.78, 5) is 14.1. The number of esters is 1. The molecule has 9 nitrogen and oxygen atoms in total. The fourth-order valence-electron chi connectivity index (χ4n) is 2.93. The number of carbonyl (C=O) groups excluding carboxylic acids is 1. The zero-order chi connectivity index (χ0) is 18.1. The highest BCUT2D eigenvalue weighted by Crippen LogP contribution is 2.41. The quantitative estimate of drug-likeness (QED) is 0.236. The van der Waals surface area contributed by atoms with E-state index in [1.165, 1.54) is 6.92 Å². The van der Waals surface area contributed by atoms with Crippen molar-refractivity contribution in [3.8, 4) is 0 Å². The Labute approximate surface area is 142 Å². The minimum absolute atomic E-state index is 0.102. The third kappa shape index (κ3) is 4.68. The van der Waals surface area contributed by atoms with Gasteiger partial charge in [0.25, 0.3) is 0 Å². The van der Waals surface area contributed by atoms with E-state index >= 15 is 0 Å². The Balaban J connectivity index is 2.24. The molecule has 136 valence electrons. The maximum atomic E-state index is 11.3. The SMILES string of the molecule is CC(=O)O[C@H]1O[C@H]([C@@H](CN=[N+]=[N-])O[Si](C)(C)C)[C@@H]2OC(C)(C)O[C@H]12. The molecule has 0 saturated carbocycles. The number of rotatable bonds is 6. The predicted molar refractivity (Wildman–Crippen MR) is 86.5 cm³/mol. The average Bonchev–Trinajstić information content (AvgIpc) is 2.87. The number of nitrogens with zero attached hydrogens (tertiary/aromatic N) is 3. The highest BCUT2D eigenvalue weighted by atomic mass is 28.4. The van der Waals surface area contributed by atoms with Gasteiger partial charge in [-0.25, -0.2) is 0 Å². The molecule has 2 saturated heterocycles. The Morgan fingerprint density at radius 3 is 2.50 bits per heavy atom. The Morgan fingerprint density at radius 1 is 1.33 bits per heavy atom. The van der Waals surface area contributed by atoms with Gasteiger partial charge >= 0.3 is 5.97 Å². The molecule has 0 radical (unpaired) electrons. The van der Waals surface area contributed by atoms with Crippen LogP contribution in [0, 0.1) is 0 Å². The van der Waals surface area contributed by atoms with E-state index in [0.29, 0.717) is 0 Å². The van der Waals surface area contributed by atoms with Crippen LogP contribution in [0.4, 0.5) is 0 Å². The lowest BCUT2D eigenvalue weighted by Gasteiger charge is -2.32. The molecule has 0 aromatic carbocycles. The third-order valence-corrected chi connectivity index (χ3v) is 4.54. The van der Waals surface area contributed by atoms with Gasteiger partial charge in [0.2, 0.25) is 6.29 Å². The lowest BCUT2D eigenvalue weighted by atomic mass is 10.1. The summed E-state index contributed by atoms with van der Waals surface area (Å²) < 4.78 is 29.0. The van der Waals surface area contributed by atoms with Crippen molar-refractivity contribution in [2.75, 3.05) is 6.54 Å². The molecule has 2 rings (SSSR count). The number of azide groups is 1. The zero-order valence-corrected chi connectivity index (χ0v) is 15.9. The van der Waals surface area contributed by atoms with Crippen molar-refractivity contribution in [2.24, 2.45) is 5.11 Å². The van der Waals surface area contributed by atoms with E-state index in [1.807, 2.05) is 19.6 Å². The molecule has 0 bridgehead atoms. The lowest BCUT2D eigenvalue weighted by molar-refractivity contribution is -0.238. The Hall–Kier alpha value is -1.16. The van der Waals surface area contributed by atoms with Crippen LogP contribution in [0.1, 0.15) is 20.8 Å². The molecule has 0 unspecified atom stereocenters. The molecule has 2 fully saturated rings. The molecule has 10 heteroatoms. The van der Waals surface area contributed by atoms with Crippen molar-refractivity contribution in [3.63, 3.8) is 0 Å². The molecule has 0 aromatic heterocycles. The molecule has 2 aliphatic heterocycles. The highest BCUT2D eigenvalue weighted by molar-refractivity contribution is 6.69. The number of hydrogen-bond donors (Lipinski definition) is 0. The van der Waals surface area contributed by atoms with Crippen LogP contribution in [-0.4, -0.2) is 57.3 Å². The third-order valence-electron chi connectivity index (χ3n) is 3.53. The lowest BCUT2D eigenvalue weighted by Crippen LogP contribution is -2.46. The van der Waals surface area contributed by atoms with Gasteiger partial charge in [-0.3, -0.25) is 4.79 Å². The Bertz CT molecular complexity index is 531. The average molecular weight is 359 g/mol. The van der Waals surface area contributed by atoms with Gasteiger partial charge in [-0.15, -0.1) is 0 Å². The highest BCUT2D eigenvalue weighted by Gasteiger charge is 2.58. The van der Waals surface area contributed by atoms with Crippen LogP contribution in [0.25, 0.3) is 10.4 Å². The second-order valence-corrected chi connectivity index (χ2v) is 11.8. The van der Waals surface area contributed by atoms with Crippen molar-refractivity contribution in [1.29, 1.82) is 0 Å². The second kappa shape index (κ2) is 6.99. The van der Waals surface area contributed by atoms with Crippen LogP contribution < -0.4 is 0 Å². The van der Waals surface area contributed by atoms with E-state index in [9.17, 15) is 4.79 Å². The molecular weight excluding hydrogens is 334 g/mol. The van der Waals surface area contributed by atoms with E-state index in [4.69, 9.17) is 28.9 Å². The zero-order valence-electron chi connectivity index (χ0n) is 14.9. The maximum absolute atomic E-state index is 11.3. The minimum atomic E-state index is -1.94. The smallest absolute Gasteiger partial charge is 0.305 e. The first-order valence-corrected chi connectivity index (χ1v) is 11.3. The van der Waals surface area contributed by atoms with Crippen LogP contribution in [0.2, 0.25) is 19.6 Å². The summed E-state index contributed by atoms with van der Waals surface area (Å²) in [6.07, 6.45) is -2.96. The summed E-state index contributed by atoms with van der Waals surface area (Å²) in [5.74, 6) is -1.29. The van der Waals surface area contributed by atoms with Gasteiger partial charge < -0.3 is 23.4 Å². The fraction of sp³-hybridized carbons (Fsp3) is 0.929. The maximum Gasteiger partial charge on any atom is 0.305 e. The van der Waals surface area contributed by atoms with E-state index in [0.717, 1.165) is 0 Å². The molecule has 0 aromatic rings. The van der Waals surface area contributed by atoms with Crippen molar-refractivity contribution >= 4 is 14.3 Å². The topological polar surface area (TPSA) is 112 Å². The van der Waals surface area contributed by atoms with E-state index in [-0.39, 0.29) is 6.54 Å². The van der Waals surface area contributed by atoms with Crippen LogP contribution >= 0.6 is 0 Å². The molecule has 5 atom stereocenters. The van der Waals surface area contributed by atoms with E-state index < -0.39 is 50.8 Å². The van der Waals surface area contributed by atoms with Crippen molar-refractivity contribution in [1.82, 2.24) is 0 Å². The fourth-order valence-corrected chi connectivity index (χ4v) is 4.05. The summed E-state index contributed by atoms with van der Waals surface area (Å²) in [7, 11) is -1.94. The van der Waals surface area contributed by atoms with Gasteiger partial charge in [0.1, 0.15) is 12.2 Å². The molecule has 2 heterocycles. The first-order valence-electron chi connectivity index (χ1n) is 7.89. The number of hydrogen-bond acceptors (Lipinski definition) is 7. The minimum Gasteiger partial charge on any atom is -0.433 e. The van der Waals surface area contributed by atoms with Crippen LogP contribution in [0.5, 0.6) is 0 Å². The van der Waals surface area contributed by atoms with Gasteiger partial charge in [-0.05, 0) is 39.0 Å². The summed E-state index contributed by atoms with van der Waals surface area (Å²) in [5.41, 5.74) is 8.65. The predicted octanol–water partition coefficient (Wildman–Crippen LogP) is 2.32. The van der Waals surface area contributed by atoms with Gasteiger partial charge in [0.15, 0.2) is 20.2 Å². The standard InChI is InChI=1S/C14H25N3O6Si/c1-8(18)19-13-12-11(21-14(2,3)22-12)10(20-13)9(7-16-17-15)23-24(4,5)6/h9-13H,7H2,1-6H3/t9-,10-,11+,12+,13+/m1/s1. The molecule has 24 heavy (non-hydrogen) atoms.